The summed E-state index contributed by atoms with van der Waals surface area (Å²) in [6, 6.07) is 33.4. The number of para-hydroxylation sites is 4. The zero-order chi connectivity index (χ0) is 36.8. The molecule has 0 heterocycles. The van der Waals surface area contributed by atoms with Gasteiger partial charge in [0.25, 0.3) is 0 Å². The summed E-state index contributed by atoms with van der Waals surface area (Å²) >= 11 is 0. The Morgan fingerprint density at radius 1 is 0.431 bits per heavy atom. The van der Waals surface area contributed by atoms with Crippen LogP contribution in [0.3, 0.4) is 0 Å². The molecule has 0 aliphatic heterocycles. The molecular formula is C46H58CuN4. The van der Waals surface area contributed by atoms with E-state index >= 15 is 0 Å². The zero-order valence-corrected chi connectivity index (χ0v) is 33.7. The van der Waals surface area contributed by atoms with Crippen LogP contribution in [0, 0.1) is 0 Å². The van der Waals surface area contributed by atoms with Gasteiger partial charge in [0.1, 0.15) is 0 Å². The predicted molar refractivity (Wildman–Crippen MR) is 221 cm³/mol. The van der Waals surface area contributed by atoms with Gasteiger partial charge in [-0.3, -0.25) is 9.98 Å². The molecular weight excluding hydrogens is 672 g/mol. The van der Waals surface area contributed by atoms with Gasteiger partial charge in [0.05, 0.1) is 11.4 Å². The molecule has 4 aromatic carbocycles. The number of rotatable bonds is 12. The largest absolute Gasteiger partial charge is 2.00 e. The van der Waals surface area contributed by atoms with Crippen molar-refractivity contribution in [2.24, 2.45) is 9.98 Å². The molecule has 0 N–H and O–H groups in total. The summed E-state index contributed by atoms with van der Waals surface area (Å²) in [5.41, 5.74) is 13.1. The summed E-state index contributed by atoms with van der Waals surface area (Å²) in [4.78, 5) is 9.60. The average molecular weight is 731 g/mol. The van der Waals surface area contributed by atoms with Gasteiger partial charge in [0.2, 0.25) is 0 Å². The van der Waals surface area contributed by atoms with E-state index < -0.39 is 0 Å². The Labute approximate surface area is 320 Å². The maximum Gasteiger partial charge on any atom is 2.00 e. The van der Waals surface area contributed by atoms with E-state index in [9.17, 15) is 0 Å². The van der Waals surface area contributed by atoms with Gasteiger partial charge in [-0.15, -0.1) is 11.4 Å². The monoisotopic (exact) mass is 729 g/mol. The maximum absolute atomic E-state index is 4.80. The van der Waals surface area contributed by atoms with E-state index in [4.69, 9.17) is 20.6 Å². The summed E-state index contributed by atoms with van der Waals surface area (Å²) in [6.07, 6.45) is 4.10. The third-order valence-electron chi connectivity index (χ3n) is 8.26. The number of nitrogens with zero attached hydrogens (tertiary/aromatic N) is 4. The Kier molecular flexibility index (Phi) is 17.9. The SMILES string of the molecule is CC(/C=C(/C)[N-]c1ccccc1C(C)C)=Nc1ccccc1C(C)C.CC(/C=C(/C)[N-]c1ccccc1C(C)C)=Nc1ccccc1C(C)C.[Cu+2]. The van der Waals surface area contributed by atoms with Crippen LogP contribution in [0.15, 0.2) is 131 Å². The van der Waals surface area contributed by atoms with Crippen molar-refractivity contribution in [1.82, 2.24) is 0 Å². The van der Waals surface area contributed by atoms with Gasteiger partial charge in [-0.25, -0.2) is 0 Å². The second-order valence-corrected chi connectivity index (χ2v) is 14.2. The minimum absolute atomic E-state index is 0. The first-order chi connectivity index (χ1) is 23.8. The number of aliphatic imine (C=N–C) groups is 2. The van der Waals surface area contributed by atoms with E-state index in [2.05, 4.69) is 128 Å². The molecule has 0 spiro atoms. The standard InChI is InChI=1S/2C23H29N2.Cu/c2*1-16(2)20-11-7-9-13-22(20)24-18(5)15-19(6)25-23-14-10-8-12-21(23)17(3)4;/h2*7-17H,1-6H3;/q2*-1;+2/b2*18-15-,25-19?;. The molecule has 0 unspecified atom stereocenters. The minimum Gasteiger partial charge on any atom is -0.661 e. The molecule has 5 heteroatoms. The fraction of sp³-hybridized carbons (Fsp3) is 0.348. The summed E-state index contributed by atoms with van der Waals surface area (Å²) in [6.45, 7) is 25.7. The first-order valence-electron chi connectivity index (χ1n) is 18.0. The Morgan fingerprint density at radius 2 is 0.706 bits per heavy atom. The Hall–Kier alpha value is -4.18. The van der Waals surface area contributed by atoms with Crippen LogP contribution in [0.4, 0.5) is 22.7 Å². The second-order valence-electron chi connectivity index (χ2n) is 14.2. The van der Waals surface area contributed by atoms with Gasteiger partial charge in [-0.2, -0.15) is 11.4 Å². The second kappa shape index (κ2) is 21.2. The Balaban J connectivity index is 0.000000347. The fourth-order valence-corrected chi connectivity index (χ4v) is 5.80. The molecule has 0 bridgehead atoms. The predicted octanol–water partition coefficient (Wildman–Crippen LogP) is 15.3. The van der Waals surface area contributed by atoms with Crippen molar-refractivity contribution >= 4 is 34.2 Å². The van der Waals surface area contributed by atoms with Crippen LogP contribution in [0.2, 0.25) is 0 Å². The third-order valence-corrected chi connectivity index (χ3v) is 8.26. The molecule has 0 aliphatic rings. The van der Waals surface area contributed by atoms with E-state index in [1.165, 1.54) is 22.3 Å². The Morgan fingerprint density at radius 3 is 1.02 bits per heavy atom. The Bertz CT molecular complexity index is 1670. The van der Waals surface area contributed by atoms with Crippen LogP contribution in [-0.4, -0.2) is 11.4 Å². The van der Waals surface area contributed by atoms with E-state index in [1.807, 2.05) is 64.1 Å². The molecule has 0 saturated carbocycles. The molecule has 0 fully saturated rings. The minimum atomic E-state index is 0. The van der Waals surface area contributed by atoms with Crippen molar-refractivity contribution < 1.29 is 17.1 Å². The number of hydrogen-bond acceptors (Lipinski definition) is 2. The van der Waals surface area contributed by atoms with E-state index in [-0.39, 0.29) is 17.1 Å². The van der Waals surface area contributed by atoms with Crippen LogP contribution in [0.1, 0.15) is 129 Å². The first-order valence-corrected chi connectivity index (χ1v) is 18.0. The molecule has 1 radical (unpaired) electrons. The number of allylic oxidation sites excluding steroid dienone is 4. The van der Waals surface area contributed by atoms with Crippen LogP contribution in [0.5, 0.6) is 0 Å². The smallest absolute Gasteiger partial charge is 0.661 e. The van der Waals surface area contributed by atoms with Crippen molar-refractivity contribution in [3.05, 3.63) is 153 Å². The average Bonchev–Trinajstić information content (AvgIpc) is 3.05. The fourth-order valence-electron chi connectivity index (χ4n) is 5.80. The summed E-state index contributed by atoms with van der Waals surface area (Å²) < 4.78 is 0. The van der Waals surface area contributed by atoms with Crippen molar-refractivity contribution in [2.45, 2.75) is 107 Å². The van der Waals surface area contributed by atoms with Crippen molar-refractivity contribution in [1.29, 1.82) is 0 Å². The molecule has 0 atom stereocenters. The van der Waals surface area contributed by atoms with Crippen molar-refractivity contribution in [3.63, 3.8) is 0 Å². The molecule has 51 heavy (non-hydrogen) atoms. The normalized spacial score (nSPS) is 12.5. The van der Waals surface area contributed by atoms with Gasteiger partial charge in [-0.05, 0) is 60.8 Å². The van der Waals surface area contributed by atoms with Crippen LogP contribution in [0.25, 0.3) is 10.6 Å². The van der Waals surface area contributed by atoms with Gasteiger partial charge < -0.3 is 10.6 Å². The molecule has 4 rings (SSSR count). The number of hydrogen-bond donors (Lipinski definition) is 0. The van der Waals surface area contributed by atoms with E-state index in [0.717, 1.165) is 45.6 Å². The number of benzene rings is 4. The van der Waals surface area contributed by atoms with Crippen molar-refractivity contribution in [3.8, 4) is 0 Å². The topological polar surface area (TPSA) is 52.9 Å². The molecule has 0 aromatic heterocycles. The molecule has 0 aliphatic carbocycles. The van der Waals surface area contributed by atoms with Crippen molar-refractivity contribution in [2.75, 3.05) is 0 Å². The van der Waals surface area contributed by atoms with Gasteiger partial charge in [-0.1, -0.05) is 177 Å². The molecule has 4 nitrogen and oxygen atoms in total. The van der Waals surface area contributed by atoms with Crippen LogP contribution in [-0.2, 0) is 17.1 Å². The van der Waals surface area contributed by atoms with Gasteiger partial charge >= 0.3 is 17.1 Å². The molecule has 0 amide bonds. The van der Waals surface area contributed by atoms with Crippen LogP contribution < -0.4 is 0 Å². The maximum atomic E-state index is 4.80. The molecule has 0 saturated heterocycles. The van der Waals surface area contributed by atoms with E-state index in [1.54, 1.807) is 0 Å². The summed E-state index contributed by atoms with van der Waals surface area (Å²) in [5, 5.41) is 9.60. The first kappa shape index (κ1) is 43.0. The van der Waals surface area contributed by atoms with Crippen LogP contribution >= 0.6 is 0 Å². The molecule has 273 valence electrons. The third kappa shape index (κ3) is 13.8. The van der Waals surface area contributed by atoms with Gasteiger partial charge in [0.15, 0.2) is 0 Å². The quantitative estimate of drug-likeness (QED) is 0.103. The van der Waals surface area contributed by atoms with E-state index in [0.29, 0.717) is 23.7 Å². The molecule has 4 aromatic rings. The summed E-state index contributed by atoms with van der Waals surface area (Å²) in [5.74, 6) is 1.83. The zero-order valence-electron chi connectivity index (χ0n) is 32.8. The van der Waals surface area contributed by atoms with Gasteiger partial charge in [0, 0.05) is 11.4 Å². The summed E-state index contributed by atoms with van der Waals surface area (Å²) in [7, 11) is 0.